The van der Waals surface area contributed by atoms with Crippen LogP contribution in [0, 0.1) is 13.8 Å². The molecule has 0 aliphatic heterocycles. The molecule has 29 heavy (non-hydrogen) atoms. The number of benzene rings is 1. The standard InChI is InChI=1S/C24H32N4O/c1-7-24(5,8-2)26-22-19-10-9-11-20(19)25-23-21(16(4)27-28(22)23)18-13-12-17(29-6)14-15(18)3/h12-14,26H,7-11H2,1-6H3. The molecule has 0 radical (unpaired) electrons. The number of methoxy groups -OCH3 is 1. The van der Waals surface area contributed by atoms with Crippen molar-refractivity contribution in [1.82, 2.24) is 14.6 Å². The van der Waals surface area contributed by atoms with E-state index in [1.807, 2.05) is 6.07 Å². The van der Waals surface area contributed by atoms with E-state index in [1.165, 1.54) is 22.4 Å². The summed E-state index contributed by atoms with van der Waals surface area (Å²) in [6.07, 6.45) is 5.40. The number of nitrogens with one attached hydrogen (secondary N) is 1. The van der Waals surface area contributed by atoms with E-state index in [4.69, 9.17) is 14.8 Å². The minimum Gasteiger partial charge on any atom is -0.497 e. The lowest BCUT2D eigenvalue weighted by molar-refractivity contribution is 0.414. The Morgan fingerprint density at radius 1 is 1.17 bits per heavy atom. The molecule has 0 saturated heterocycles. The molecule has 0 spiro atoms. The van der Waals surface area contributed by atoms with Gasteiger partial charge >= 0.3 is 0 Å². The van der Waals surface area contributed by atoms with Crippen LogP contribution >= 0.6 is 0 Å². The van der Waals surface area contributed by atoms with Gasteiger partial charge in [-0.2, -0.15) is 9.61 Å². The molecular formula is C24H32N4O. The lowest BCUT2D eigenvalue weighted by Gasteiger charge is -2.30. The Labute approximate surface area is 173 Å². The molecule has 0 saturated carbocycles. The first-order chi connectivity index (χ1) is 13.9. The maximum absolute atomic E-state index is 5.40. The zero-order valence-electron chi connectivity index (χ0n) is 18.5. The van der Waals surface area contributed by atoms with E-state index in [2.05, 4.69) is 56.6 Å². The molecule has 4 rings (SSSR count). The first-order valence-electron chi connectivity index (χ1n) is 10.7. The van der Waals surface area contributed by atoms with Gasteiger partial charge < -0.3 is 10.1 Å². The summed E-state index contributed by atoms with van der Waals surface area (Å²) in [5.41, 5.74) is 8.03. The Bertz CT molecular complexity index is 1060. The molecular weight excluding hydrogens is 360 g/mol. The lowest BCUT2D eigenvalue weighted by atomic mass is 9.95. The van der Waals surface area contributed by atoms with Crippen LogP contribution in [0.4, 0.5) is 5.82 Å². The van der Waals surface area contributed by atoms with Gasteiger partial charge in [-0.25, -0.2) is 4.98 Å². The molecule has 2 heterocycles. The Balaban J connectivity index is 1.96. The molecule has 0 fully saturated rings. The van der Waals surface area contributed by atoms with Crippen LogP contribution in [0.1, 0.15) is 62.5 Å². The summed E-state index contributed by atoms with van der Waals surface area (Å²) in [7, 11) is 1.70. The molecule has 1 N–H and O–H groups in total. The van der Waals surface area contributed by atoms with Crippen molar-refractivity contribution in [2.24, 2.45) is 0 Å². The molecule has 1 aromatic carbocycles. The summed E-state index contributed by atoms with van der Waals surface area (Å²) >= 11 is 0. The van der Waals surface area contributed by atoms with Crippen LogP contribution in [0.15, 0.2) is 18.2 Å². The van der Waals surface area contributed by atoms with E-state index < -0.39 is 0 Å². The fraction of sp³-hybridized carbons (Fsp3) is 0.500. The highest BCUT2D eigenvalue weighted by Gasteiger charge is 2.28. The summed E-state index contributed by atoms with van der Waals surface area (Å²) in [4.78, 5) is 5.11. The highest BCUT2D eigenvalue weighted by molar-refractivity contribution is 5.83. The maximum Gasteiger partial charge on any atom is 0.165 e. The van der Waals surface area contributed by atoms with Crippen molar-refractivity contribution in [3.8, 4) is 16.9 Å². The quantitative estimate of drug-likeness (QED) is 0.602. The number of fused-ring (bicyclic) bond motifs is 2. The molecule has 3 aromatic rings. The normalized spacial score (nSPS) is 13.7. The van der Waals surface area contributed by atoms with Crippen molar-refractivity contribution in [2.45, 2.75) is 72.3 Å². The van der Waals surface area contributed by atoms with E-state index in [-0.39, 0.29) is 5.54 Å². The molecule has 0 amide bonds. The van der Waals surface area contributed by atoms with Crippen LogP contribution in [0.25, 0.3) is 16.8 Å². The van der Waals surface area contributed by atoms with Crippen LogP contribution in [0.3, 0.4) is 0 Å². The van der Waals surface area contributed by atoms with Gasteiger partial charge in [0.15, 0.2) is 5.65 Å². The summed E-state index contributed by atoms with van der Waals surface area (Å²) in [5, 5.41) is 8.83. The number of nitrogens with zero attached hydrogens (tertiary/aromatic N) is 3. The third kappa shape index (κ3) is 3.26. The predicted octanol–water partition coefficient (Wildman–Crippen LogP) is 5.50. The van der Waals surface area contributed by atoms with Crippen LogP contribution in [0.5, 0.6) is 5.75 Å². The van der Waals surface area contributed by atoms with Gasteiger partial charge in [-0.3, -0.25) is 0 Å². The van der Waals surface area contributed by atoms with Gasteiger partial charge in [0.2, 0.25) is 0 Å². The second-order valence-electron chi connectivity index (χ2n) is 8.51. The molecule has 0 atom stereocenters. The Hall–Kier alpha value is -2.56. The molecule has 154 valence electrons. The lowest BCUT2D eigenvalue weighted by Crippen LogP contribution is -2.34. The van der Waals surface area contributed by atoms with Crippen molar-refractivity contribution in [2.75, 3.05) is 12.4 Å². The van der Waals surface area contributed by atoms with E-state index in [0.29, 0.717) is 0 Å². The Kier molecular flexibility index (Phi) is 5.01. The Morgan fingerprint density at radius 3 is 2.59 bits per heavy atom. The number of rotatable bonds is 6. The Morgan fingerprint density at radius 2 is 1.93 bits per heavy atom. The molecule has 1 aliphatic carbocycles. The minimum atomic E-state index is 0.0424. The summed E-state index contributed by atoms with van der Waals surface area (Å²) < 4.78 is 7.46. The van der Waals surface area contributed by atoms with Gasteiger partial charge in [0.1, 0.15) is 11.6 Å². The molecule has 0 bridgehead atoms. The van der Waals surface area contributed by atoms with Gasteiger partial charge in [0, 0.05) is 22.4 Å². The summed E-state index contributed by atoms with van der Waals surface area (Å²) in [5.74, 6) is 2.01. The van der Waals surface area contributed by atoms with Gasteiger partial charge in [-0.05, 0) is 76.1 Å². The van der Waals surface area contributed by atoms with Crippen LogP contribution in [-0.2, 0) is 12.8 Å². The fourth-order valence-corrected chi connectivity index (χ4v) is 4.34. The number of hydrogen-bond acceptors (Lipinski definition) is 4. The van der Waals surface area contributed by atoms with Gasteiger partial charge in [-0.1, -0.05) is 19.9 Å². The number of aryl methyl sites for hydroxylation is 3. The molecule has 2 aromatic heterocycles. The topological polar surface area (TPSA) is 51.5 Å². The SMILES string of the molecule is CCC(C)(CC)Nc1c2c(nc3c(-c4ccc(OC)cc4C)c(C)nn13)CCC2. The van der Waals surface area contributed by atoms with E-state index in [9.17, 15) is 0 Å². The minimum absolute atomic E-state index is 0.0424. The number of hydrogen-bond donors (Lipinski definition) is 1. The number of aromatic nitrogens is 3. The largest absolute Gasteiger partial charge is 0.497 e. The van der Waals surface area contributed by atoms with Crippen molar-refractivity contribution in [3.63, 3.8) is 0 Å². The first-order valence-corrected chi connectivity index (χ1v) is 10.7. The summed E-state index contributed by atoms with van der Waals surface area (Å²) in [6, 6.07) is 6.22. The van der Waals surface area contributed by atoms with Crippen molar-refractivity contribution < 1.29 is 4.74 Å². The molecule has 1 aliphatic rings. The van der Waals surface area contributed by atoms with Crippen molar-refractivity contribution >= 4 is 11.5 Å². The average molecular weight is 393 g/mol. The second kappa shape index (κ2) is 7.36. The second-order valence-corrected chi connectivity index (χ2v) is 8.51. The fourth-order valence-electron chi connectivity index (χ4n) is 4.34. The van der Waals surface area contributed by atoms with Gasteiger partial charge in [-0.15, -0.1) is 0 Å². The van der Waals surface area contributed by atoms with E-state index >= 15 is 0 Å². The zero-order chi connectivity index (χ0) is 20.8. The summed E-state index contributed by atoms with van der Waals surface area (Å²) in [6.45, 7) is 11.0. The van der Waals surface area contributed by atoms with E-state index in [1.54, 1.807) is 7.11 Å². The highest BCUT2D eigenvalue weighted by atomic mass is 16.5. The number of anilines is 1. The monoisotopic (exact) mass is 392 g/mol. The van der Waals surface area contributed by atoms with Crippen molar-refractivity contribution in [3.05, 3.63) is 40.7 Å². The zero-order valence-corrected chi connectivity index (χ0v) is 18.5. The van der Waals surface area contributed by atoms with Crippen LogP contribution in [-0.4, -0.2) is 27.2 Å². The average Bonchev–Trinajstić information content (AvgIpc) is 3.32. The third-order valence-electron chi connectivity index (χ3n) is 6.65. The maximum atomic E-state index is 5.40. The van der Waals surface area contributed by atoms with Gasteiger partial charge in [0.05, 0.1) is 12.8 Å². The van der Waals surface area contributed by atoms with E-state index in [0.717, 1.165) is 60.6 Å². The third-order valence-corrected chi connectivity index (χ3v) is 6.65. The first kappa shape index (κ1) is 19.7. The predicted molar refractivity (Wildman–Crippen MR) is 119 cm³/mol. The van der Waals surface area contributed by atoms with Crippen molar-refractivity contribution in [1.29, 1.82) is 0 Å². The molecule has 5 nitrogen and oxygen atoms in total. The van der Waals surface area contributed by atoms with Crippen LogP contribution < -0.4 is 10.1 Å². The smallest absolute Gasteiger partial charge is 0.165 e. The number of ether oxygens (including phenoxy) is 1. The molecule has 0 unspecified atom stereocenters. The highest BCUT2D eigenvalue weighted by Crippen LogP contribution is 2.37. The molecule has 5 heteroatoms. The van der Waals surface area contributed by atoms with Crippen LogP contribution in [0.2, 0.25) is 0 Å². The van der Waals surface area contributed by atoms with Gasteiger partial charge in [0.25, 0.3) is 0 Å².